The molecule has 0 radical (unpaired) electrons. The van der Waals surface area contributed by atoms with Gasteiger partial charge in [-0.25, -0.2) is 0 Å². The summed E-state index contributed by atoms with van der Waals surface area (Å²) in [6.07, 6.45) is 0. The topological polar surface area (TPSA) is 47.3 Å². The monoisotopic (exact) mass is 286 g/mol. The van der Waals surface area contributed by atoms with Crippen molar-refractivity contribution in [2.75, 3.05) is 26.8 Å². The van der Waals surface area contributed by atoms with Gasteiger partial charge in [0, 0.05) is 30.7 Å². The molecule has 1 atom stereocenters. The van der Waals surface area contributed by atoms with Crippen LogP contribution in [0.4, 0.5) is 0 Å². The molecule has 0 aromatic heterocycles. The molecule has 3 nitrogen and oxygen atoms in total. The van der Waals surface area contributed by atoms with E-state index in [0.717, 1.165) is 11.0 Å². The second-order valence-corrected chi connectivity index (χ2v) is 4.60. The Labute approximate surface area is 105 Å². The summed E-state index contributed by atoms with van der Waals surface area (Å²) in [6.45, 7) is 4.16. The summed E-state index contributed by atoms with van der Waals surface area (Å²) in [5, 5.41) is 3.36. The van der Waals surface area contributed by atoms with Crippen molar-refractivity contribution >= 4 is 15.9 Å². The fourth-order valence-electron chi connectivity index (χ4n) is 1.50. The first-order valence-corrected chi connectivity index (χ1v) is 6.16. The van der Waals surface area contributed by atoms with Crippen LogP contribution in [-0.4, -0.2) is 26.8 Å². The second-order valence-electron chi connectivity index (χ2n) is 3.74. The number of nitrogens with two attached hydrogens (primary N) is 1. The van der Waals surface area contributed by atoms with Gasteiger partial charge >= 0.3 is 0 Å². The highest BCUT2D eigenvalue weighted by atomic mass is 79.9. The first kappa shape index (κ1) is 13.6. The van der Waals surface area contributed by atoms with E-state index in [9.17, 15) is 0 Å². The number of nitrogens with one attached hydrogen (secondary N) is 1. The Hall–Kier alpha value is -0.420. The summed E-state index contributed by atoms with van der Waals surface area (Å²) in [5.41, 5.74) is 8.19. The fourth-order valence-corrected chi connectivity index (χ4v) is 1.89. The van der Waals surface area contributed by atoms with Gasteiger partial charge in [-0.05, 0) is 24.1 Å². The van der Waals surface area contributed by atoms with E-state index in [-0.39, 0.29) is 6.04 Å². The Balaban J connectivity index is 2.67. The van der Waals surface area contributed by atoms with Crippen molar-refractivity contribution in [1.29, 1.82) is 0 Å². The van der Waals surface area contributed by atoms with Crippen molar-refractivity contribution < 1.29 is 4.74 Å². The van der Waals surface area contributed by atoms with E-state index in [1.54, 1.807) is 7.11 Å². The summed E-state index contributed by atoms with van der Waals surface area (Å²) in [4.78, 5) is 0. The Morgan fingerprint density at radius 2 is 2.25 bits per heavy atom. The highest BCUT2D eigenvalue weighted by Gasteiger charge is 2.09. The van der Waals surface area contributed by atoms with Crippen molar-refractivity contribution in [3.63, 3.8) is 0 Å². The molecule has 0 aliphatic heterocycles. The minimum absolute atomic E-state index is 0.187. The number of ether oxygens (including phenoxy) is 1. The average molecular weight is 287 g/mol. The lowest BCUT2D eigenvalue weighted by Crippen LogP contribution is -2.30. The van der Waals surface area contributed by atoms with E-state index in [0.29, 0.717) is 13.2 Å². The zero-order valence-corrected chi connectivity index (χ0v) is 11.4. The Morgan fingerprint density at radius 1 is 1.50 bits per heavy atom. The number of rotatable bonds is 6. The van der Waals surface area contributed by atoms with Crippen LogP contribution in [-0.2, 0) is 4.74 Å². The first-order valence-electron chi connectivity index (χ1n) is 5.37. The van der Waals surface area contributed by atoms with E-state index in [4.69, 9.17) is 10.5 Å². The number of hydrogen-bond acceptors (Lipinski definition) is 3. The zero-order valence-electron chi connectivity index (χ0n) is 9.79. The van der Waals surface area contributed by atoms with Crippen LogP contribution in [0.3, 0.4) is 0 Å². The SMILES string of the molecule is COCCNC(CN)c1ccc(C)c(Br)c1. The van der Waals surface area contributed by atoms with Crippen LogP contribution in [0, 0.1) is 6.92 Å². The maximum Gasteiger partial charge on any atom is 0.0587 e. The van der Waals surface area contributed by atoms with E-state index in [2.05, 4.69) is 46.4 Å². The predicted octanol–water partition coefficient (Wildman–Crippen LogP) is 1.99. The summed E-state index contributed by atoms with van der Waals surface area (Å²) in [5.74, 6) is 0. The molecule has 0 bridgehead atoms. The van der Waals surface area contributed by atoms with Gasteiger partial charge in [0.1, 0.15) is 0 Å². The lowest BCUT2D eigenvalue weighted by Gasteiger charge is -2.17. The zero-order chi connectivity index (χ0) is 12.0. The normalized spacial score (nSPS) is 12.8. The minimum atomic E-state index is 0.187. The van der Waals surface area contributed by atoms with Crippen molar-refractivity contribution in [1.82, 2.24) is 5.32 Å². The van der Waals surface area contributed by atoms with Crippen molar-refractivity contribution in [2.45, 2.75) is 13.0 Å². The van der Waals surface area contributed by atoms with Crippen molar-refractivity contribution in [3.8, 4) is 0 Å². The quantitative estimate of drug-likeness (QED) is 0.787. The van der Waals surface area contributed by atoms with Crippen LogP contribution in [0.15, 0.2) is 22.7 Å². The lowest BCUT2D eigenvalue weighted by atomic mass is 10.1. The molecule has 1 aromatic rings. The van der Waals surface area contributed by atoms with Gasteiger partial charge in [0.2, 0.25) is 0 Å². The smallest absolute Gasteiger partial charge is 0.0587 e. The fraction of sp³-hybridized carbons (Fsp3) is 0.500. The maximum absolute atomic E-state index is 5.76. The number of hydrogen-bond donors (Lipinski definition) is 2. The molecule has 16 heavy (non-hydrogen) atoms. The number of benzene rings is 1. The van der Waals surface area contributed by atoms with Gasteiger partial charge in [-0.2, -0.15) is 0 Å². The molecule has 0 aliphatic carbocycles. The largest absolute Gasteiger partial charge is 0.383 e. The molecule has 1 aromatic carbocycles. The lowest BCUT2D eigenvalue weighted by molar-refractivity contribution is 0.196. The summed E-state index contributed by atoms with van der Waals surface area (Å²) in [6, 6.07) is 6.51. The van der Waals surface area contributed by atoms with Crippen molar-refractivity contribution in [3.05, 3.63) is 33.8 Å². The molecule has 4 heteroatoms. The Morgan fingerprint density at radius 3 is 2.81 bits per heavy atom. The molecule has 0 fully saturated rings. The third-order valence-electron chi connectivity index (χ3n) is 2.53. The van der Waals surface area contributed by atoms with Crippen LogP contribution >= 0.6 is 15.9 Å². The van der Waals surface area contributed by atoms with Gasteiger partial charge < -0.3 is 15.8 Å². The number of methoxy groups -OCH3 is 1. The number of halogens is 1. The van der Waals surface area contributed by atoms with E-state index in [1.165, 1.54) is 11.1 Å². The van der Waals surface area contributed by atoms with Gasteiger partial charge in [0.25, 0.3) is 0 Å². The minimum Gasteiger partial charge on any atom is -0.383 e. The highest BCUT2D eigenvalue weighted by molar-refractivity contribution is 9.10. The molecular weight excluding hydrogens is 268 g/mol. The average Bonchev–Trinajstić information content (AvgIpc) is 2.29. The van der Waals surface area contributed by atoms with E-state index >= 15 is 0 Å². The third kappa shape index (κ3) is 3.87. The molecule has 1 unspecified atom stereocenters. The summed E-state index contributed by atoms with van der Waals surface area (Å²) in [7, 11) is 1.70. The van der Waals surface area contributed by atoms with Crippen LogP contribution in [0.5, 0.6) is 0 Å². The summed E-state index contributed by atoms with van der Waals surface area (Å²) >= 11 is 3.53. The first-order chi connectivity index (χ1) is 7.69. The van der Waals surface area contributed by atoms with Gasteiger partial charge in [-0.15, -0.1) is 0 Å². The van der Waals surface area contributed by atoms with Gasteiger partial charge in [0.15, 0.2) is 0 Å². The highest BCUT2D eigenvalue weighted by Crippen LogP contribution is 2.21. The molecule has 0 amide bonds. The Kier molecular flexibility index (Phi) is 5.98. The molecular formula is C12H19BrN2O. The van der Waals surface area contributed by atoms with Gasteiger partial charge in [-0.1, -0.05) is 28.1 Å². The van der Waals surface area contributed by atoms with Crippen LogP contribution in [0.25, 0.3) is 0 Å². The molecule has 0 saturated carbocycles. The van der Waals surface area contributed by atoms with E-state index in [1.807, 2.05) is 0 Å². The molecule has 0 aliphatic rings. The van der Waals surface area contributed by atoms with Crippen LogP contribution < -0.4 is 11.1 Å². The molecule has 1 rings (SSSR count). The van der Waals surface area contributed by atoms with Crippen LogP contribution in [0.1, 0.15) is 17.2 Å². The Bertz CT molecular complexity index is 331. The third-order valence-corrected chi connectivity index (χ3v) is 3.39. The van der Waals surface area contributed by atoms with E-state index < -0.39 is 0 Å². The van der Waals surface area contributed by atoms with Crippen molar-refractivity contribution in [2.24, 2.45) is 5.73 Å². The molecule has 0 spiro atoms. The summed E-state index contributed by atoms with van der Waals surface area (Å²) < 4.78 is 6.13. The van der Waals surface area contributed by atoms with Gasteiger partial charge in [0.05, 0.1) is 6.61 Å². The molecule has 90 valence electrons. The van der Waals surface area contributed by atoms with Crippen LogP contribution in [0.2, 0.25) is 0 Å². The molecule has 0 saturated heterocycles. The maximum atomic E-state index is 5.76. The standard InChI is InChI=1S/C12H19BrN2O/c1-9-3-4-10(7-11(9)13)12(8-14)15-5-6-16-2/h3-4,7,12,15H,5-6,8,14H2,1-2H3. The van der Waals surface area contributed by atoms with Gasteiger partial charge in [-0.3, -0.25) is 0 Å². The second kappa shape index (κ2) is 7.01. The molecule has 0 heterocycles. The number of aryl methyl sites for hydroxylation is 1. The predicted molar refractivity (Wildman–Crippen MR) is 70.6 cm³/mol. The molecule has 3 N–H and O–H groups in total.